The van der Waals surface area contributed by atoms with Crippen LogP contribution in [0.25, 0.3) is 16.7 Å². The predicted molar refractivity (Wildman–Crippen MR) is 116 cm³/mol. The fraction of sp³-hybridized carbons (Fsp3) is 0.217. The Hall–Kier alpha value is -3.74. The summed E-state index contributed by atoms with van der Waals surface area (Å²) in [6.45, 7) is 4.36. The second-order valence-corrected chi connectivity index (χ2v) is 7.48. The maximum Gasteiger partial charge on any atom is 0.278 e. The Morgan fingerprint density at radius 2 is 1.90 bits per heavy atom. The zero-order chi connectivity index (χ0) is 21.3. The number of nitrogen functional groups attached to an aromatic ring is 1. The molecule has 0 spiro atoms. The minimum Gasteiger partial charge on any atom is -0.351 e. The Bertz CT molecular complexity index is 1300. The second kappa shape index (κ2) is 7.94. The molecule has 4 rings (SSSR count). The molecule has 4 aromatic rings. The van der Waals surface area contributed by atoms with Gasteiger partial charge >= 0.3 is 0 Å². The third kappa shape index (κ3) is 3.50. The fourth-order valence-electron chi connectivity index (χ4n) is 3.63. The average molecular weight is 402 g/mol. The quantitative estimate of drug-likeness (QED) is 0.396. The van der Waals surface area contributed by atoms with Gasteiger partial charge in [-0.2, -0.15) is 0 Å². The van der Waals surface area contributed by atoms with Gasteiger partial charge in [0.05, 0.1) is 6.04 Å². The van der Waals surface area contributed by atoms with Gasteiger partial charge in [-0.05, 0) is 44.0 Å². The van der Waals surface area contributed by atoms with Crippen LogP contribution < -0.4 is 21.2 Å². The van der Waals surface area contributed by atoms with Gasteiger partial charge < -0.3 is 11.1 Å². The highest BCUT2D eigenvalue weighted by Crippen LogP contribution is 2.17. The molecular formula is C23H24N5O2+. The minimum atomic E-state index is -0.308. The lowest BCUT2D eigenvalue weighted by molar-refractivity contribution is -0.679. The van der Waals surface area contributed by atoms with E-state index in [2.05, 4.69) is 10.3 Å². The summed E-state index contributed by atoms with van der Waals surface area (Å²) in [5.74, 6) is -0.0146. The number of carbonyl (C=O) groups excluding carboxylic acids is 1. The van der Waals surface area contributed by atoms with Crippen molar-refractivity contribution in [3.63, 3.8) is 0 Å². The summed E-state index contributed by atoms with van der Waals surface area (Å²) in [7, 11) is 0. The number of benzene rings is 1. The second-order valence-electron chi connectivity index (χ2n) is 7.48. The number of nitrogens with one attached hydrogen (secondary N) is 1. The van der Waals surface area contributed by atoms with E-state index < -0.39 is 0 Å². The summed E-state index contributed by atoms with van der Waals surface area (Å²) in [5.41, 5.74) is 8.56. The fourth-order valence-corrected chi connectivity index (χ4v) is 3.63. The van der Waals surface area contributed by atoms with Crippen LogP contribution in [0, 0.1) is 0 Å². The third-order valence-corrected chi connectivity index (χ3v) is 5.10. The highest BCUT2D eigenvalue weighted by molar-refractivity contribution is 6.00. The molecule has 0 atom stereocenters. The Kier molecular flexibility index (Phi) is 5.18. The van der Waals surface area contributed by atoms with Crippen molar-refractivity contribution in [2.75, 3.05) is 12.3 Å². The maximum absolute atomic E-state index is 13.1. The van der Waals surface area contributed by atoms with E-state index in [1.807, 2.05) is 50.2 Å². The summed E-state index contributed by atoms with van der Waals surface area (Å²) >= 11 is 0. The molecule has 7 heteroatoms. The lowest BCUT2D eigenvalue weighted by Gasteiger charge is -2.14. The van der Waals surface area contributed by atoms with Crippen LogP contribution in [0.2, 0.25) is 0 Å². The summed E-state index contributed by atoms with van der Waals surface area (Å²) in [6, 6.07) is 16.8. The van der Waals surface area contributed by atoms with E-state index >= 15 is 0 Å². The Labute approximate surface area is 173 Å². The number of carbonyl (C=O) groups is 1. The molecule has 0 aliphatic heterocycles. The molecule has 152 valence electrons. The number of fused-ring (bicyclic) bond motifs is 2. The molecule has 0 unspecified atom stereocenters. The van der Waals surface area contributed by atoms with Gasteiger partial charge in [0.1, 0.15) is 10.9 Å². The van der Waals surface area contributed by atoms with Gasteiger partial charge in [0.25, 0.3) is 17.1 Å². The van der Waals surface area contributed by atoms with Gasteiger partial charge in [-0.1, -0.05) is 41.4 Å². The summed E-state index contributed by atoms with van der Waals surface area (Å²) in [6.07, 6.45) is 2.37. The van der Waals surface area contributed by atoms with Gasteiger partial charge in [-0.3, -0.25) is 14.0 Å². The van der Waals surface area contributed by atoms with Gasteiger partial charge in [-0.25, -0.2) is 4.57 Å². The predicted octanol–water partition coefficient (Wildman–Crippen LogP) is 2.27. The number of anilines is 1. The average Bonchev–Trinajstić information content (AvgIpc) is 2.74. The number of aromatic nitrogens is 3. The van der Waals surface area contributed by atoms with Crippen molar-refractivity contribution in [1.29, 1.82) is 0 Å². The molecule has 0 bridgehead atoms. The van der Waals surface area contributed by atoms with E-state index in [0.29, 0.717) is 35.5 Å². The van der Waals surface area contributed by atoms with Crippen LogP contribution in [0.15, 0.2) is 65.6 Å². The third-order valence-electron chi connectivity index (χ3n) is 5.10. The van der Waals surface area contributed by atoms with Gasteiger partial charge in [0.15, 0.2) is 0 Å². The molecule has 0 saturated heterocycles. The first-order chi connectivity index (χ1) is 14.5. The highest BCUT2D eigenvalue weighted by Gasteiger charge is 2.25. The monoisotopic (exact) mass is 402 g/mol. The molecule has 0 aliphatic rings. The number of nitrogens with zero attached hydrogens (tertiary/aromatic N) is 3. The molecule has 3 heterocycles. The van der Waals surface area contributed by atoms with Crippen molar-refractivity contribution < 1.29 is 9.36 Å². The largest absolute Gasteiger partial charge is 0.351 e. The number of hydrogen-bond acceptors (Lipinski definition) is 4. The van der Waals surface area contributed by atoms with Crippen molar-refractivity contribution in [1.82, 2.24) is 14.7 Å². The smallest absolute Gasteiger partial charge is 0.278 e. The molecule has 3 N–H and O–H groups in total. The van der Waals surface area contributed by atoms with Gasteiger partial charge in [-0.15, -0.1) is 0 Å². The van der Waals surface area contributed by atoms with Crippen LogP contribution in [0.1, 0.15) is 35.8 Å². The van der Waals surface area contributed by atoms with Crippen molar-refractivity contribution >= 4 is 28.4 Å². The van der Waals surface area contributed by atoms with Crippen LogP contribution in [-0.4, -0.2) is 21.8 Å². The van der Waals surface area contributed by atoms with Crippen molar-refractivity contribution in [3.8, 4) is 0 Å². The van der Waals surface area contributed by atoms with Crippen LogP contribution in [0.5, 0.6) is 0 Å². The topological polar surface area (TPSA) is 93.4 Å². The van der Waals surface area contributed by atoms with Gasteiger partial charge in [0, 0.05) is 12.7 Å². The zero-order valence-corrected chi connectivity index (χ0v) is 17.0. The van der Waals surface area contributed by atoms with Crippen LogP contribution >= 0.6 is 0 Å². The first kappa shape index (κ1) is 19.6. The van der Waals surface area contributed by atoms with Crippen LogP contribution in [-0.2, 0) is 6.42 Å². The summed E-state index contributed by atoms with van der Waals surface area (Å²) in [4.78, 5) is 30.6. The molecule has 0 radical (unpaired) electrons. The molecule has 1 amide bonds. The Morgan fingerprint density at radius 1 is 1.17 bits per heavy atom. The molecule has 0 aliphatic carbocycles. The highest BCUT2D eigenvalue weighted by atomic mass is 16.1. The summed E-state index contributed by atoms with van der Waals surface area (Å²) in [5, 5.41) is 3.27. The molecular weight excluding hydrogens is 378 g/mol. The number of nitrogens with two attached hydrogens (primary N) is 1. The first-order valence-corrected chi connectivity index (χ1v) is 9.94. The lowest BCUT2D eigenvalue weighted by atomic mass is 10.1. The van der Waals surface area contributed by atoms with Crippen LogP contribution in [0.4, 0.5) is 5.82 Å². The minimum absolute atomic E-state index is 0.0809. The van der Waals surface area contributed by atoms with Crippen molar-refractivity contribution in [3.05, 3.63) is 82.3 Å². The number of amides is 1. The van der Waals surface area contributed by atoms with E-state index in [0.717, 1.165) is 5.56 Å². The molecule has 3 aromatic heterocycles. The number of hydrogen-bond donors (Lipinski definition) is 2. The van der Waals surface area contributed by atoms with E-state index in [1.165, 1.54) is 4.40 Å². The van der Waals surface area contributed by atoms with E-state index in [9.17, 15) is 9.59 Å². The van der Waals surface area contributed by atoms with E-state index in [1.54, 1.807) is 29.0 Å². The first-order valence-electron chi connectivity index (χ1n) is 9.94. The normalized spacial score (nSPS) is 11.3. The molecule has 7 nitrogen and oxygen atoms in total. The van der Waals surface area contributed by atoms with Crippen molar-refractivity contribution in [2.45, 2.75) is 26.3 Å². The van der Waals surface area contributed by atoms with Crippen molar-refractivity contribution in [2.24, 2.45) is 0 Å². The standard InChI is InChI=1S/C23H23N5O2/c1-15(2)28-20(24)17(22(29)25-12-11-16-8-4-3-5-9-16)14-18-21(28)26-19-10-6-7-13-27(19)23(18)30/h3-10,13-15,24H,11-12H2,1-2H3,(H,25,29)/p+1. The Balaban J connectivity index is 1.77. The SMILES string of the molecule is CC(C)[n+]1c(N)c(C(=O)NCCc2ccccc2)cc2c(=O)n3ccccc3nc21. The number of rotatable bonds is 5. The molecule has 30 heavy (non-hydrogen) atoms. The molecule has 1 aromatic carbocycles. The maximum atomic E-state index is 13.1. The summed E-state index contributed by atoms with van der Waals surface area (Å²) < 4.78 is 3.22. The van der Waals surface area contributed by atoms with Crippen LogP contribution in [0.3, 0.4) is 0 Å². The number of pyridine rings is 2. The molecule has 0 fully saturated rings. The van der Waals surface area contributed by atoms with E-state index in [4.69, 9.17) is 5.73 Å². The van der Waals surface area contributed by atoms with Gasteiger partial charge in [0.2, 0.25) is 11.5 Å². The van der Waals surface area contributed by atoms with E-state index in [-0.39, 0.29) is 23.1 Å². The lowest BCUT2D eigenvalue weighted by Crippen LogP contribution is -2.44. The molecule has 0 saturated carbocycles. The Morgan fingerprint density at radius 3 is 2.63 bits per heavy atom. The zero-order valence-electron chi connectivity index (χ0n) is 17.0.